The van der Waals surface area contributed by atoms with Gasteiger partial charge in [0, 0.05) is 10.9 Å². The van der Waals surface area contributed by atoms with Crippen molar-refractivity contribution in [2.75, 3.05) is 6.54 Å². The van der Waals surface area contributed by atoms with Crippen molar-refractivity contribution in [2.24, 2.45) is 0 Å². The molecule has 1 aliphatic rings. The average Bonchev–Trinajstić information content (AvgIpc) is 3.12. The normalized spacial score (nSPS) is 21.7. The van der Waals surface area contributed by atoms with Gasteiger partial charge in [0.25, 0.3) is 5.91 Å². The molecule has 0 saturated carbocycles. The van der Waals surface area contributed by atoms with Crippen LogP contribution < -0.4 is 10.6 Å². The van der Waals surface area contributed by atoms with Gasteiger partial charge in [0.15, 0.2) is 5.54 Å². The van der Waals surface area contributed by atoms with E-state index < -0.39 is 11.6 Å². The number of carbonyl (C=O) groups is 3. The van der Waals surface area contributed by atoms with Gasteiger partial charge >= 0.3 is 6.03 Å². The Morgan fingerprint density at radius 1 is 1.42 bits per heavy atom. The van der Waals surface area contributed by atoms with Gasteiger partial charge in [-0.1, -0.05) is 32.3 Å². The Morgan fingerprint density at radius 3 is 2.79 bits per heavy atom. The van der Waals surface area contributed by atoms with Crippen molar-refractivity contribution in [3.63, 3.8) is 0 Å². The number of urea groups is 1. The van der Waals surface area contributed by atoms with E-state index in [0.29, 0.717) is 0 Å². The van der Waals surface area contributed by atoms with Gasteiger partial charge in [0.05, 0.1) is 0 Å². The van der Waals surface area contributed by atoms with E-state index >= 15 is 0 Å². The number of nitrogens with one attached hydrogen (secondary N) is 2. The van der Waals surface area contributed by atoms with Crippen molar-refractivity contribution >= 4 is 29.2 Å². The largest absolute Gasteiger partial charge is 0.352 e. The predicted octanol–water partition coefficient (Wildman–Crippen LogP) is 2.60. The van der Waals surface area contributed by atoms with Crippen LogP contribution in [0.25, 0.3) is 0 Å². The molecular formula is C17H25N3O3S. The smallest absolute Gasteiger partial charge is 0.325 e. The van der Waals surface area contributed by atoms with Gasteiger partial charge in [-0.25, -0.2) is 4.79 Å². The van der Waals surface area contributed by atoms with Crippen molar-refractivity contribution in [1.29, 1.82) is 0 Å². The summed E-state index contributed by atoms with van der Waals surface area (Å²) >= 11 is 1.40. The highest BCUT2D eigenvalue weighted by Crippen LogP contribution is 2.31. The van der Waals surface area contributed by atoms with Crippen LogP contribution in [-0.4, -0.2) is 35.3 Å². The summed E-state index contributed by atoms with van der Waals surface area (Å²) in [7, 11) is 0. The summed E-state index contributed by atoms with van der Waals surface area (Å²) in [5.74, 6) is -0.693. The summed E-state index contributed by atoms with van der Waals surface area (Å²) in [5.41, 5.74) is -1.09. The Balaban J connectivity index is 1.94. The number of thiophene rings is 1. The first-order chi connectivity index (χ1) is 11.4. The molecule has 1 aromatic heterocycles. The maximum atomic E-state index is 12.6. The lowest BCUT2D eigenvalue weighted by atomic mass is 10.0. The number of amides is 4. The quantitative estimate of drug-likeness (QED) is 0.558. The minimum Gasteiger partial charge on any atom is -0.352 e. The van der Waals surface area contributed by atoms with E-state index in [2.05, 4.69) is 17.6 Å². The molecule has 0 aromatic carbocycles. The molecule has 0 radical (unpaired) electrons. The van der Waals surface area contributed by atoms with E-state index in [9.17, 15) is 14.4 Å². The highest BCUT2D eigenvalue weighted by atomic mass is 32.1. The summed E-state index contributed by atoms with van der Waals surface area (Å²) in [6.07, 6.45) is 4.21. The van der Waals surface area contributed by atoms with E-state index in [4.69, 9.17) is 0 Å². The molecule has 2 atom stereocenters. The third-order valence-corrected chi connectivity index (χ3v) is 5.33. The summed E-state index contributed by atoms with van der Waals surface area (Å²) in [5, 5.41) is 7.41. The van der Waals surface area contributed by atoms with E-state index in [1.165, 1.54) is 11.3 Å². The zero-order valence-corrected chi connectivity index (χ0v) is 15.2. The minimum absolute atomic E-state index is 0.0356. The van der Waals surface area contributed by atoms with Crippen LogP contribution in [0.2, 0.25) is 0 Å². The van der Waals surface area contributed by atoms with Gasteiger partial charge < -0.3 is 10.6 Å². The molecular weight excluding hydrogens is 326 g/mol. The van der Waals surface area contributed by atoms with Crippen LogP contribution in [0.4, 0.5) is 4.79 Å². The number of hydrogen-bond acceptors (Lipinski definition) is 4. The zero-order chi connectivity index (χ0) is 17.7. The topological polar surface area (TPSA) is 78.5 Å². The van der Waals surface area contributed by atoms with E-state index in [1.54, 1.807) is 6.92 Å². The van der Waals surface area contributed by atoms with Crippen molar-refractivity contribution in [1.82, 2.24) is 15.5 Å². The fourth-order valence-electron chi connectivity index (χ4n) is 2.81. The molecule has 0 spiro atoms. The Morgan fingerprint density at radius 2 is 2.17 bits per heavy atom. The molecule has 6 nitrogen and oxygen atoms in total. The molecule has 2 N–H and O–H groups in total. The molecule has 2 rings (SSSR count). The molecule has 0 aliphatic carbocycles. The van der Waals surface area contributed by atoms with Crippen LogP contribution in [0.1, 0.15) is 51.3 Å². The molecule has 24 heavy (non-hydrogen) atoms. The standard InChI is InChI=1S/C17H25N3O3S/c1-4-5-6-8-12(2)18-14(21)11-20-15(22)17(3,19-16(20)23)13-9-7-10-24-13/h7,9-10,12H,4-6,8,11H2,1-3H3,(H,18,21)(H,19,23). The van der Waals surface area contributed by atoms with Gasteiger partial charge in [-0.3, -0.25) is 14.5 Å². The van der Waals surface area contributed by atoms with Crippen LogP contribution in [0.15, 0.2) is 17.5 Å². The van der Waals surface area contributed by atoms with Crippen LogP contribution >= 0.6 is 11.3 Å². The van der Waals surface area contributed by atoms with E-state index in [-0.39, 0.29) is 24.4 Å². The lowest BCUT2D eigenvalue weighted by Gasteiger charge is -2.20. The zero-order valence-electron chi connectivity index (χ0n) is 14.4. The Labute approximate surface area is 146 Å². The van der Waals surface area contributed by atoms with Crippen LogP contribution in [0.5, 0.6) is 0 Å². The van der Waals surface area contributed by atoms with Gasteiger partial charge in [0.1, 0.15) is 6.54 Å². The molecule has 7 heteroatoms. The van der Waals surface area contributed by atoms with Crippen LogP contribution in [-0.2, 0) is 15.1 Å². The maximum Gasteiger partial charge on any atom is 0.325 e. The molecule has 1 aromatic rings. The third-order valence-electron chi connectivity index (χ3n) is 4.24. The molecule has 1 fully saturated rings. The first kappa shape index (κ1) is 18.4. The van der Waals surface area contributed by atoms with E-state index in [0.717, 1.165) is 35.5 Å². The van der Waals surface area contributed by atoms with E-state index in [1.807, 2.05) is 24.4 Å². The number of hydrogen-bond donors (Lipinski definition) is 2. The van der Waals surface area contributed by atoms with Gasteiger partial charge in [0.2, 0.25) is 5.91 Å². The lowest BCUT2D eigenvalue weighted by molar-refractivity contribution is -0.134. The molecule has 1 saturated heterocycles. The Hall–Kier alpha value is -1.89. The highest BCUT2D eigenvalue weighted by Gasteiger charge is 2.50. The van der Waals surface area contributed by atoms with Crippen LogP contribution in [0, 0.1) is 0 Å². The summed E-state index contributed by atoms with van der Waals surface area (Å²) in [6.45, 7) is 5.49. The molecule has 2 unspecified atom stereocenters. The Bertz CT molecular complexity index is 602. The van der Waals surface area contributed by atoms with Gasteiger partial charge in [-0.05, 0) is 31.7 Å². The molecule has 1 aliphatic heterocycles. The third kappa shape index (κ3) is 3.95. The summed E-state index contributed by atoms with van der Waals surface area (Å²) in [4.78, 5) is 38.7. The second-order valence-corrected chi connectivity index (χ2v) is 7.34. The summed E-state index contributed by atoms with van der Waals surface area (Å²) in [6, 6.07) is 3.15. The lowest BCUT2D eigenvalue weighted by Crippen LogP contribution is -2.44. The van der Waals surface area contributed by atoms with Gasteiger partial charge in [-0.15, -0.1) is 11.3 Å². The van der Waals surface area contributed by atoms with Crippen LogP contribution in [0.3, 0.4) is 0 Å². The minimum atomic E-state index is -1.09. The molecule has 0 bridgehead atoms. The highest BCUT2D eigenvalue weighted by molar-refractivity contribution is 7.10. The monoisotopic (exact) mass is 351 g/mol. The second-order valence-electron chi connectivity index (χ2n) is 6.39. The fraction of sp³-hybridized carbons (Fsp3) is 0.588. The van der Waals surface area contributed by atoms with Crippen molar-refractivity contribution in [2.45, 2.75) is 58.0 Å². The number of rotatable bonds is 8. The Kier molecular flexibility index (Phi) is 5.99. The first-order valence-corrected chi connectivity index (χ1v) is 9.24. The van der Waals surface area contributed by atoms with Gasteiger partial charge in [-0.2, -0.15) is 0 Å². The number of nitrogens with zero attached hydrogens (tertiary/aromatic N) is 1. The molecule has 132 valence electrons. The number of imide groups is 1. The van der Waals surface area contributed by atoms with Crippen molar-refractivity contribution in [3.8, 4) is 0 Å². The number of carbonyl (C=O) groups excluding carboxylic acids is 3. The first-order valence-electron chi connectivity index (χ1n) is 8.36. The average molecular weight is 351 g/mol. The maximum absolute atomic E-state index is 12.6. The fourth-order valence-corrected chi connectivity index (χ4v) is 3.64. The predicted molar refractivity (Wildman–Crippen MR) is 93.7 cm³/mol. The SMILES string of the molecule is CCCCCC(C)NC(=O)CN1C(=O)NC(C)(c2cccs2)C1=O. The van der Waals surface area contributed by atoms with Crippen molar-refractivity contribution < 1.29 is 14.4 Å². The summed E-state index contributed by atoms with van der Waals surface area (Å²) < 4.78 is 0. The number of unbranched alkanes of at least 4 members (excludes halogenated alkanes) is 2. The second kappa shape index (κ2) is 7.79. The molecule has 4 amide bonds. The molecule has 2 heterocycles. The van der Waals surface area contributed by atoms with Crippen molar-refractivity contribution in [3.05, 3.63) is 22.4 Å².